The van der Waals surface area contributed by atoms with Crippen molar-refractivity contribution in [2.45, 2.75) is 38.5 Å². The van der Waals surface area contributed by atoms with Gasteiger partial charge in [0.2, 0.25) is 0 Å². The highest BCUT2D eigenvalue weighted by Crippen LogP contribution is 2.20. The summed E-state index contributed by atoms with van der Waals surface area (Å²) >= 11 is 1.73. The molecular formula is C19H26N4S. The first-order valence-corrected chi connectivity index (χ1v) is 9.45. The van der Waals surface area contributed by atoms with Gasteiger partial charge < -0.3 is 10.6 Å². The Bertz CT molecular complexity index is 639. The molecule has 2 atom stereocenters. The van der Waals surface area contributed by atoms with Crippen LogP contribution in [0.4, 0.5) is 0 Å². The highest BCUT2D eigenvalue weighted by atomic mass is 32.1. The molecule has 1 aliphatic rings. The molecule has 0 amide bonds. The number of benzene rings is 1. The number of hydrogen-bond acceptors (Lipinski definition) is 3. The zero-order chi connectivity index (χ0) is 16.8. The van der Waals surface area contributed by atoms with Crippen molar-refractivity contribution in [2.75, 3.05) is 13.6 Å². The van der Waals surface area contributed by atoms with Crippen molar-refractivity contribution in [3.05, 3.63) is 58.3 Å². The fourth-order valence-corrected chi connectivity index (χ4v) is 3.88. The van der Waals surface area contributed by atoms with Gasteiger partial charge in [0.1, 0.15) is 0 Å². The largest absolute Gasteiger partial charge is 0.352 e. The van der Waals surface area contributed by atoms with Crippen molar-refractivity contribution < 1.29 is 0 Å². The van der Waals surface area contributed by atoms with Crippen LogP contribution in [-0.2, 0) is 13.1 Å². The highest BCUT2D eigenvalue weighted by Gasteiger charge is 2.29. The molecule has 1 aromatic carbocycles. The maximum atomic E-state index is 4.36. The number of guanidine groups is 1. The molecule has 2 heterocycles. The second-order valence-corrected chi connectivity index (χ2v) is 7.18. The first-order chi connectivity index (χ1) is 11.7. The van der Waals surface area contributed by atoms with Crippen molar-refractivity contribution in [1.29, 1.82) is 0 Å². The van der Waals surface area contributed by atoms with E-state index in [1.165, 1.54) is 11.1 Å². The summed E-state index contributed by atoms with van der Waals surface area (Å²) in [7, 11) is 1.84. The topological polar surface area (TPSA) is 39.7 Å². The molecule has 2 N–H and O–H groups in total. The molecule has 0 radical (unpaired) electrons. The lowest BCUT2D eigenvalue weighted by Crippen LogP contribution is -2.44. The summed E-state index contributed by atoms with van der Waals surface area (Å²) in [4.78, 5) is 6.91. The molecular weight excluding hydrogens is 316 g/mol. The van der Waals surface area contributed by atoms with E-state index < -0.39 is 0 Å². The molecule has 1 aliphatic heterocycles. The van der Waals surface area contributed by atoms with Crippen LogP contribution < -0.4 is 10.6 Å². The number of thiophene rings is 1. The third-order valence-corrected chi connectivity index (χ3v) is 5.27. The zero-order valence-corrected chi connectivity index (χ0v) is 15.2. The number of aliphatic imine (C=N–C) groups is 1. The summed E-state index contributed by atoms with van der Waals surface area (Å²) in [5.41, 5.74) is 2.68. The molecule has 2 aromatic rings. The third-order valence-electron chi connectivity index (χ3n) is 4.54. The fourth-order valence-electron chi connectivity index (χ4n) is 3.21. The lowest BCUT2D eigenvalue weighted by Gasteiger charge is -2.21. The van der Waals surface area contributed by atoms with Gasteiger partial charge in [-0.3, -0.25) is 9.89 Å². The van der Waals surface area contributed by atoms with Gasteiger partial charge in [-0.2, -0.15) is 11.3 Å². The third kappa shape index (κ3) is 4.58. The fraction of sp³-hybridized carbons (Fsp3) is 0.421. The Morgan fingerprint density at radius 3 is 2.79 bits per heavy atom. The van der Waals surface area contributed by atoms with Crippen molar-refractivity contribution in [3.8, 4) is 0 Å². The van der Waals surface area contributed by atoms with Crippen molar-refractivity contribution in [3.63, 3.8) is 0 Å². The maximum Gasteiger partial charge on any atom is 0.191 e. The SMILES string of the molecule is CN=C(NCc1ccsc1)NC1CC(C)N(Cc2ccccc2)C1. The summed E-state index contributed by atoms with van der Waals surface area (Å²) in [6, 6.07) is 13.9. The van der Waals surface area contributed by atoms with E-state index in [0.29, 0.717) is 12.1 Å². The molecule has 3 rings (SSSR count). The van der Waals surface area contributed by atoms with Crippen LogP contribution in [0.2, 0.25) is 0 Å². The van der Waals surface area contributed by atoms with Crippen LogP contribution in [0.3, 0.4) is 0 Å². The predicted octanol–water partition coefficient (Wildman–Crippen LogP) is 3.08. The van der Waals surface area contributed by atoms with Gasteiger partial charge in [-0.25, -0.2) is 0 Å². The number of nitrogens with one attached hydrogen (secondary N) is 2. The molecule has 4 nitrogen and oxygen atoms in total. The lowest BCUT2D eigenvalue weighted by molar-refractivity contribution is 0.258. The lowest BCUT2D eigenvalue weighted by atomic mass is 10.2. The van der Waals surface area contributed by atoms with E-state index in [9.17, 15) is 0 Å². The Balaban J connectivity index is 1.50. The van der Waals surface area contributed by atoms with Crippen molar-refractivity contribution >= 4 is 17.3 Å². The monoisotopic (exact) mass is 342 g/mol. The molecule has 0 spiro atoms. The molecule has 1 aromatic heterocycles. The molecule has 0 saturated carbocycles. The maximum absolute atomic E-state index is 4.36. The van der Waals surface area contributed by atoms with Gasteiger partial charge in [0.25, 0.3) is 0 Å². The average molecular weight is 343 g/mol. The normalized spacial score (nSPS) is 21.8. The minimum Gasteiger partial charge on any atom is -0.352 e. The molecule has 1 saturated heterocycles. The summed E-state index contributed by atoms with van der Waals surface area (Å²) in [5.74, 6) is 0.889. The predicted molar refractivity (Wildman–Crippen MR) is 102 cm³/mol. The van der Waals surface area contributed by atoms with Gasteiger partial charge in [0.15, 0.2) is 5.96 Å². The van der Waals surface area contributed by atoms with Crippen LogP contribution in [0.15, 0.2) is 52.2 Å². The minimum absolute atomic E-state index is 0.442. The summed E-state index contributed by atoms with van der Waals surface area (Å²) < 4.78 is 0. The first kappa shape index (κ1) is 17.0. The summed E-state index contributed by atoms with van der Waals surface area (Å²) in [6.45, 7) is 5.20. The van der Waals surface area contributed by atoms with E-state index in [4.69, 9.17) is 0 Å². The van der Waals surface area contributed by atoms with Gasteiger partial charge in [-0.15, -0.1) is 0 Å². The molecule has 24 heavy (non-hydrogen) atoms. The van der Waals surface area contributed by atoms with E-state index in [0.717, 1.165) is 32.0 Å². The summed E-state index contributed by atoms with van der Waals surface area (Å²) in [5, 5.41) is 11.3. The van der Waals surface area contributed by atoms with E-state index in [2.05, 4.69) is 74.6 Å². The van der Waals surface area contributed by atoms with E-state index >= 15 is 0 Å². The molecule has 128 valence electrons. The Hall–Kier alpha value is -1.85. The van der Waals surface area contributed by atoms with Gasteiger partial charge >= 0.3 is 0 Å². The second-order valence-electron chi connectivity index (χ2n) is 6.40. The van der Waals surface area contributed by atoms with E-state index in [1.54, 1.807) is 11.3 Å². The first-order valence-electron chi connectivity index (χ1n) is 8.51. The average Bonchev–Trinajstić information content (AvgIpc) is 3.23. The van der Waals surface area contributed by atoms with Crippen LogP contribution in [0.1, 0.15) is 24.5 Å². The van der Waals surface area contributed by atoms with Gasteiger partial charge in [0, 0.05) is 38.8 Å². The minimum atomic E-state index is 0.442. The summed E-state index contributed by atoms with van der Waals surface area (Å²) in [6.07, 6.45) is 1.14. The van der Waals surface area contributed by atoms with E-state index in [-0.39, 0.29) is 0 Å². The molecule has 1 fully saturated rings. The van der Waals surface area contributed by atoms with Crippen molar-refractivity contribution in [1.82, 2.24) is 15.5 Å². The van der Waals surface area contributed by atoms with E-state index in [1.807, 2.05) is 7.05 Å². The quantitative estimate of drug-likeness (QED) is 0.648. The van der Waals surface area contributed by atoms with Crippen LogP contribution in [0.25, 0.3) is 0 Å². The van der Waals surface area contributed by atoms with Crippen LogP contribution in [0, 0.1) is 0 Å². The number of nitrogens with zero attached hydrogens (tertiary/aromatic N) is 2. The van der Waals surface area contributed by atoms with Crippen LogP contribution in [0.5, 0.6) is 0 Å². The van der Waals surface area contributed by atoms with Gasteiger partial charge in [0.05, 0.1) is 0 Å². The number of hydrogen-bond donors (Lipinski definition) is 2. The van der Waals surface area contributed by atoms with Gasteiger partial charge in [-0.1, -0.05) is 30.3 Å². The standard InChI is InChI=1S/C19H26N4S/c1-15-10-18(13-23(15)12-16-6-4-3-5-7-16)22-19(20-2)21-11-17-8-9-24-14-17/h3-9,14-15,18H,10-13H2,1-2H3,(H2,20,21,22). The van der Waals surface area contributed by atoms with Crippen LogP contribution >= 0.6 is 11.3 Å². The Kier molecular flexibility index (Phi) is 5.88. The highest BCUT2D eigenvalue weighted by molar-refractivity contribution is 7.07. The molecule has 0 aliphatic carbocycles. The zero-order valence-electron chi connectivity index (χ0n) is 14.4. The molecule has 0 bridgehead atoms. The Morgan fingerprint density at radius 1 is 1.25 bits per heavy atom. The number of rotatable bonds is 5. The van der Waals surface area contributed by atoms with Crippen molar-refractivity contribution in [2.24, 2.45) is 4.99 Å². The van der Waals surface area contributed by atoms with Crippen LogP contribution in [-0.4, -0.2) is 36.5 Å². The number of likely N-dealkylation sites (tertiary alicyclic amines) is 1. The van der Waals surface area contributed by atoms with Gasteiger partial charge in [-0.05, 0) is 41.3 Å². The molecule has 5 heteroatoms. The Morgan fingerprint density at radius 2 is 2.08 bits per heavy atom. The smallest absolute Gasteiger partial charge is 0.191 e. The second kappa shape index (κ2) is 8.31. The molecule has 2 unspecified atom stereocenters. The Labute approximate surface area is 148 Å².